The van der Waals surface area contributed by atoms with Gasteiger partial charge in [-0.25, -0.2) is 0 Å². The molecule has 3 aromatic carbocycles. The van der Waals surface area contributed by atoms with Crippen LogP contribution in [-0.4, -0.2) is 15.3 Å². The van der Waals surface area contributed by atoms with E-state index in [-0.39, 0.29) is 17.2 Å². The largest absolute Gasteiger partial charge is 0.508 e. The Morgan fingerprint density at radius 3 is 1.86 bits per heavy atom. The summed E-state index contributed by atoms with van der Waals surface area (Å²) < 4.78 is 0. The van der Waals surface area contributed by atoms with Crippen molar-refractivity contribution >= 4 is 0 Å². The predicted molar refractivity (Wildman–Crippen MR) is 82.3 cm³/mol. The number of hydrogen-bond acceptors (Lipinski definition) is 3. The van der Waals surface area contributed by atoms with Gasteiger partial charge in [-0.3, -0.25) is 0 Å². The first-order valence-electron chi connectivity index (χ1n) is 6.56. The van der Waals surface area contributed by atoms with Crippen LogP contribution in [0, 0.1) is 0 Å². The van der Waals surface area contributed by atoms with Gasteiger partial charge in [-0.1, -0.05) is 36.4 Å². The van der Waals surface area contributed by atoms with Gasteiger partial charge in [-0.15, -0.1) is 0 Å². The molecule has 3 nitrogen and oxygen atoms in total. The van der Waals surface area contributed by atoms with Crippen LogP contribution in [0.4, 0.5) is 0 Å². The molecule has 0 saturated heterocycles. The van der Waals surface area contributed by atoms with Crippen molar-refractivity contribution in [3.8, 4) is 39.5 Å². The second-order valence-electron chi connectivity index (χ2n) is 4.80. The first-order chi connectivity index (χ1) is 10.1. The molecule has 0 fully saturated rings. The molecule has 0 aromatic heterocycles. The minimum absolute atomic E-state index is 0.00770. The molecule has 0 radical (unpaired) electrons. The molecule has 0 amide bonds. The fraction of sp³-hybridized carbons (Fsp3) is 0. The highest BCUT2D eigenvalue weighted by Gasteiger charge is 2.11. The Kier molecular flexibility index (Phi) is 3.24. The zero-order chi connectivity index (χ0) is 14.8. The first-order valence-corrected chi connectivity index (χ1v) is 6.56. The molecular formula is C18H14O3. The van der Waals surface area contributed by atoms with Crippen LogP contribution >= 0.6 is 0 Å². The van der Waals surface area contributed by atoms with E-state index in [4.69, 9.17) is 0 Å². The summed E-state index contributed by atoms with van der Waals surface area (Å²) in [5, 5.41) is 29.6. The lowest BCUT2D eigenvalue weighted by molar-refractivity contribution is 0.459. The topological polar surface area (TPSA) is 60.7 Å². The monoisotopic (exact) mass is 278 g/mol. The van der Waals surface area contributed by atoms with Gasteiger partial charge in [0.15, 0.2) is 0 Å². The van der Waals surface area contributed by atoms with Crippen LogP contribution in [0.2, 0.25) is 0 Å². The molecule has 0 aliphatic carbocycles. The zero-order valence-corrected chi connectivity index (χ0v) is 11.2. The van der Waals surface area contributed by atoms with Gasteiger partial charge in [0, 0.05) is 11.1 Å². The van der Waals surface area contributed by atoms with Gasteiger partial charge in [0.2, 0.25) is 0 Å². The van der Waals surface area contributed by atoms with E-state index in [9.17, 15) is 15.3 Å². The van der Waals surface area contributed by atoms with Crippen LogP contribution in [0.3, 0.4) is 0 Å². The summed E-state index contributed by atoms with van der Waals surface area (Å²) in [7, 11) is 0. The van der Waals surface area contributed by atoms with Gasteiger partial charge in [0.1, 0.15) is 17.2 Å². The van der Waals surface area contributed by atoms with E-state index in [1.165, 1.54) is 18.2 Å². The normalized spacial score (nSPS) is 10.5. The maximum absolute atomic E-state index is 10.1. The summed E-state index contributed by atoms with van der Waals surface area (Å²) in [4.78, 5) is 0. The molecule has 104 valence electrons. The maximum atomic E-state index is 10.1. The Balaban J connectivity index is 2.17. The summed E-state index contributed by atoms with van der Waals surface area (Å²) in [6.07, 6.45) is 0. The Hall–Kier alpha value is -2.94. The summed E-state index contributed by atoms with van der Waals surface area (Å²) in [5.74, 6) is 0.0937. The van der Waals surface area contributed by atoms with E-state index in [0.717, 1.165) is 11.1 Å². The van der Waals surface area contributed by atoms with Gasteiger partial charge >= 0.3 is 0 Å². The fourth-order valence-electron chi connectivity index (χ4n) is 2.30. The standard InChI is InChI=1S/C18H14O3/c19-14-7-9-18(21)16(11-14)15-10-13(6-8-17(15)20)12-4-2-1-3-5-12/h1-11,19-21H. The predicted octanol–water partition coefficient (Wildman–Crippen LogP) is 4.14. The summed E-state index contributed by atoms with van der Waals surface area (Å²) in [5.41, 5.74) is 2.81. The van der Waals surface area contributed by atoms with Crippen LogP contribution in [0.5, 0.6) is 17.2 Å². The lowest BCUT2D eigenvalue weighted by atomic mass is 9.97. The van der Waals surface area contributed by atoms with Crippen molar-refractivity contribution in [1.29, 1.82) is 0 Å². The molecule has 0 atom stereocenters. The minimum atomic E-state index is 0.00770. The Labute approximate surface area is 122 Å². The molecule has 3 aromatic rings. The molecular weight excluding hydrogens is 264 g/mol. The molecule has 0 bridgehead atoms. The van der Waals surface area contributed by atoms with Crippen molar-refractivity contribution < 1.29 is 15.3 Å². The Morgan fingerprint density at radius 2 is 1.14 bits per heavy atom. The molecule has 0 saturated carbocycles. The van der Waals surface area contributed by atoms with Crippen molar-refractivity contribution in [3.63, 3.8) is 0 Å². The van der Waals surface area contributed by atoms with Crippen molar-refractivity contribution in [2.45, 2.75) is 0 Å². The van der Waals surface area contributed by atoms with Crippen LogP contribution in [-0.2, 0) is 0 Å². The Bertz CT molecular complexity index is 780. The van der Waals surface area contributed by atoms with Gasteiger partial charge in [-0.05, 0) is 41.5 Å². The number of hydrogen-bond donors (Lipinski definition) is 3. The zero-order valence-electron chi connectivity index (χ0n) is 11.2. The molecule has 3 rings (SSSR count). The smallest absolute Gasteiger partial charge is 0.123 e. The average molecular weight is 278 g/mol. The van der Waals surface area contributed by atoms with E-state index in [0.29, 0.717) is 11.1 Å². The lowest BCUT2D eigenvalue weighted by Gasteiger charge is -2.10. The number of phenolic OH excluding ortho intramolecular Hbond substituents is 3. The van der Waals surface area contributed by atoms with E-state index in [1.807, 2.05) is 36.4 Å². The van der Waals surface area contributed by atoms with E-state index in [1.54, 1.807) is 12.1 Å². The lowest BCUT2D eigenvalue weighted by Crippen LogP contribution is -1.84. The molecule has 0 spiro atoms. The summed E-state index contributed by atoms with van der Waals surface area (Å²) in [6, 6.07) is 19.2. The van der Waals surface area contributed by atoms with Gasteiger partial charge in [0.05, 0.1) is 0 Å². The summed E-state index contributed by atoms with van der Waals surface area (Å²) in [6.45, 7) is 0. The molecule has 0 aliphatic heterocycles. The highest BCUT2D eigenvalue weighted by molar-refractivity contribution is 5.81. The molecule has 21 heavy (non-hydrogen) atoms. The average Bonchev–Trinajstić information content (AvgIpc) is 2.51. The first kappa shape index (κ1) is 13.1. The second-order valence-corrected chi connectivity index (χ2v) is 4.80. The van der Waals surface area contributed by atoms with Crippen molar-refractivity contribution in [1.82, 2.24) is 0 Å². The minimum Gasteiger partial charge on any atom is -0.508 e. The number of phenols is 3. The third kappa shape index (κ3) is 2.54. The van der Waals surface area contributed by atoms with Crippen LogP contribution in [0.25, 0.3) is 22.3 Å². The van der Waals surface area contributed by atoms with Crippen LogP contribution in [0.15, 0.2) is 66.7 Å². The molecule has 0 aliphatic rings. The maximum Gasteiger partial charge on any atom is 0.123 e. The molecule has 3 N–H and O–H groups in total. The number of rotatable bonds is 2. The number of benzene rings is 3. The second kappa shape index (κ2) is 5.21. The van der Waals surface area contributed by atoms with Crippen molar-refractivity contribution in [2.75, 3.05) is 0 Å². The van der Waals surface area contributed by atoms with Crippen LogP contribution < -0.4 is 0 Å². The van der Waals surface area contributed by atoms with Gasteiger partial charge < -0.3 is 15.3 Å². The highest BCUT2D eigenvalue weighted by Crippen LogP contribution is 2.39. The van der Waals surface area contributed by atoms with E-state index in [2.05, 4.69) is 0 Å². The van der Waals surface area contributed by atoms with E-state index < -0.39 is 0 Å². The SMILES string of the molecule is Oc1ccc(O)c(-c2cc(-c3ccccc3)ccc2O)c1. The molecule has 0 heterocycles. The quantitative estimate of drug-likeness (QED) is 0.617. The van der Waals surface area contributed by atoms with Gasteiger partial charge in [-0.2, -0.15) is 0 Å². The Morgan fingerprint density at radius 1 is 0.524 bits per heavy atom. The molecule has 0 unspecified atom stereocenters. The van der Waals surface area contributed by atoms with Crippen molar-refractivity contribution in [3.05, 3.63) is 66.7 Å². The number of aromatic hydroxyl groups is 3. The molecule has 3 heteroatoms. The third-order valence-corrected chi connectivity index (χ3v) is 3.37. The van der Waals surface area contributed by atoms with Crippen molar-refractivity contribution in [2.24, 2.45) is 0 Å². The van der Waals surface area contributed by atoms with E-state index >= 15 is 0 Å². The summed E-state index contributed by atoms with van der Waals surface area (Å²) >= 11 is 0. The van der Waals surface area contributed by atoms with Crippen LogP contribution in [0.1, 0.15) is 0 Å². The third-order valence-electron chi connectivity index (χ3n) is 3.37. The van der Waals surface area contributed by atoms with Gasteiger partial charge in [0.25, 0.3) is 0 Å². The fourth-order valence-corrected chi connectivity index (χ4v) is 2.30. The highest BCUT2D eigenvalue weighted by atomic mass is 16.3.